The molecule has 1 N–H and O–H groups in total. The summed E-state index contributed by atoms with van der Waals surface area (Å²) in [5, 5.41) is 3.33. The quantitative estimate of drug-likeness (QED) is 0.479. The second-order valence-corrected chi connectivity index (χ2v) is 3.84. The number of likely N-dealkylation sites (N-methyl/N-ethyl adjacent to an activating group) is 1. The maximum Gasteiger partial charge on any atom is 0.0320 e. The molecule has 0 heterocycles. The van der Waals surface area contributed by atoms with Crippen LogP contribution < -0.4 is 5.32 Å². The van der Waals surface area contributed by atoms with Gasteiger partial charge in [0.05, 0.1) is 0 Å². The first-order valence-electron chi connectivity index (χ1n) is 6.63. The van der Waals surface area contributed by atoms with Crippen molar-refractivity contribution in [1.82, 2.24) is 5.32 Å². The first-order chi connectivity index (χ1) is 9.23. The van der Waals surface area contributed by atoms with Crippen LogP contribution in [0.15, 0.2) is 73.9 Å². The second-order valence-electron chi connectivity index (χ2n) is 3.84. The molecule has 0 saturated heterocycles. The van der Waals surface area contributed by atoms with Gasteiger partial charge >= 0.3 is 0 Å². The Kier molecular flexibility index (Phi) is 15.0. The summed E-state index contributed by atoms with van der Waals surface area (Å²) >= 11 is 0. The Hall–Kier alpha value is -1.60. The van der Waals surface area contributed by atoms with Crippen molar-refractivity contribution in [1.29, 1.82) is 0 Å². The standard InChI is InChI=1S/C16H25N.C2H4/c1-6-10-11-15(9-4)16(17-5)13-12-14(7-2)8-3;1-2/h6-11,16-17H,2,4,12-13H2,1,3,5H3;1-2H2/b10-6-,14-8+,15-11+;. The summed E-state index contributed by atoms with van der Waals surface area (Å²) in [4.78, 5) is 0. The molecule has 0 aromatic rings. The van der Waals surface area contributed by atoms with Gasteiger partial charge in [0.2, 0.25) is 0 Å². The maximum atomic E-state index is 3.87. The van der Waals surface area contributed by atoms with Crippen molar-refractivity contribution in [3.05, 3.63) is 73.9 Å². The van der Waals surface area contributed by atoms with E-state index in [2.05, 4.69) is 50.7 Å². The number of nitrogens with one attached hydrogen (secondary N) is 1. The van der Waals surface area contributed by atoms with Gasteiger partial charge in [-0.2, -0.15) is 0 Å². The summed E-state index contributed by atoms with van der Waals surface area (Å²) in [6, 6.07) is 0.346. The van der Waals surface area contributed by atoms with Crippen molar-refractivity contribution in [2.24, 2.45) is 0 Å². The highest BCUT2D eigenvalue weighted by Crippen LogP contribution is 2.14. The molecule has 0 aliphatic rings. The van der Waals surface area contributed by atoms with Crippen LogP contribution in [-0.4, -0.2) is 13.1 Å². The maximum absolute atomic E-state index is 3.87. The van der Waals surface area contributed by atoms with E-state index in [4.69, 9.17) is 0 Å². The normalized spacial score (nSPS) is 13.6. The van der Waals surface area contributed by atoms with Gasteiger partial charge in [0.25, 0.3) is 0 Å². The highest BCUT2D eigenvalue weighted by molar-refractivity contribution is 5.28. The van der Waals surface area contributed by atoms with E-state index in [0.29, 0.717) is 6.04 Å². The van der Waals surface area contributed by atoms with E-state index in [9.17, 15) is 0 Å². The van der Waals surface area contributed by atoms with Crippen molar-refractivity contribution in [3.8, 4) is 0 Å². The van der Waals surface area contributed by atoms with E-state index >= 15 is 0 Å². The molecule has 0 bridgehead atoms. The summed E-state index contributed by atoms with van der Waals surface area (Å²) < 4.78 is 0. The molecule has 0 spiro atoms. The Morgan fingerprint density at radius 1 is 1.16 bits per heavy atom. The fourth-order valence-corrected chi connectivity index (χ4v) is 1.69. The summed E-state index contributed by atoms with van der Waals surface area (Å²) in [5.41, 5.74) is 2.52. The van der Waals surface area contributed by atoms with Crippen molar-refractivity contribution in [2.45, 2.75) is 32.7 Å². The molecule has 0 fully saturated rings. The van der Waals surface area contributed by atoms with Gasteiger partial charge in [0.15, 0.2) is 0 Å². The van der Waals surface area contributed by atoms with E-state index in [1.54, 1.807) is 0 Å². The van der Waals surface area contributed by atoms with Crippen LogP contribution in [-0.2, 0) is 0 Å². The van der Waals surface area contributed by atoms with Crippen LogP contribution in [0.2, 0.25) is 0 Å². The number of rotatable bonds is 8. The first kappa shape index (κ1) is 19.7. The van der Waals surface area contributed by atoms with E-state index in [1.165, 1.54) is 11.1 Å². The van der Waals surface area contributed by atoms with Crippen molar-refractivity contribution < 1.29 is 0 Å². The zero-order chi connectivity index (χ0) is 15.1. The molecule has 106 valence electrons. The molecule has 0 aliphatic heterocycles. The molecule has 0 saturated carbocycles. The molecular weight excluding hydrogens is 230 g/mol. The van der Waals surface area contributed by atoms with Crippen LogP contribution in [0.5, 0.6) is 0 Å². The Balaban J connectivity index is 0. The zero-order valence-corrected chi connectivity index (χ0v) is 12.8. The number of hydrogen-bond donors (Lipinski definition) is 1. The van der Waals surface area contributed by atoms with Crippen LogP contribution in [0.1, 0.15) is 26.7 Å². The third kappa shape index (κ3) is 9.04. The minimum absolute atomic E-state index is 0.346. The summed E-state index contributed by atoms with van der Waals surface area (Å²) in [5.74, 6) is 0. The SMILES string of the molecule is C=C.C=C/C(=C\C)CCC(NC)/C(C=C)=C/C=C\C. The van der Waals surface area contributed by atoms with Crippen LogP contribution in [0.3, 0.4) is 0 Å². The Morgan fingerprint density at radius 2 is 1.79 bits per heavy atom. The molecule has 0 aliphatic carbocycles. The zero-order valence-electron chi connectivity index (χ0n) is 12.8. The average molecular weight is 259 g/mol. The highest BCUT2D eigenvalue weighted by atomic mass is 14.9. The molecule has 0 radical (unpaired) electrons. The fraction of sp³-hybridized carbons (Fsp3) is 0.333. The molecule has 1 heteroatoms. The minimum atomic E-state index is 0.346. The lowest BCUT2D eigenvalue weighted by molar-refractivity contribution is 0.597. The molecule has 0 amide bonds. The van der Waals surface area contributed by atoms with Gasteiger partial charge in [-0.15, -0.1) is 13.2 Å². The van der Waals surface area contributed by atoms with Crippen molar-refractivity contribution >= 4 is 0 Å². The minimum Gasteiger partial charge on any atom is -0.313 e. The van der Waals surface area contributed by atoms with Crippen LogP contribution in [0.4, 0.5) is 0 Å². The van der Waals surface area contributed by atoms with Gasteiger partial charge in [-0.05, 0) is 39.3 Å². The van der Waals surface area contributed by atoms with Gasteiger partial charge in [-0.1, -0.05) is 55.2 Å². The molecule has 1 unspecified atom stereocenters. The third-order valence-electron chi connectivity index (χ3n) is 2.82. The third-order valence-corrected chi connectivity index (χ3v) is 2.82. The smallest absolute Gasteiger partial charge is 0.0320 e. The predicted octanol–water partition coefficient (Wildman–Crippen LogP) is 4.98. The summed E-state index contributed by atoms with van der Waals surface area (Å²) in [6.45, 7) is 17.8. The first-order valence-corrected chi connectivity index (χ1v) is 6.63. The van der Waals surface area contributed by atoms with E-state index in [-0.39, 0.29) is 0 Å². The molecule has 0 aromatic heterocycles. The summed E-state index contributed by atoms with van der Waals surface area (Å²) in [7, 11) is 1.99. The lowest BCUT2D eigenvalue weighted by atomic mass is 9.98. The van der Waals surface area contributed by atoms with E-state index in [0.717, 1.165) is 12.8 Å². The predicted molar refractivity (Wildman–Crippen MR) is 90.4 cm³/mol. The largest absolute Gasteiger partial charge is 0.313 e. The Labute approximate surface area is 119 Å². The van der Waals surface area contributed by atoms with Gasteiger partial charge in [0, 0.05) is 6.04 Å². The molecule has 0 aromatic carbocycles. The topological polar surface area (TPSA) is 12.0 Å². The van der Waals surface area contributed by atoms with E-state index in [1.807, 2.05) is 38.3 Å². The average Bonchev–Trinajstić information content (AvgIpc) is 2.48. The summed E-state index contributed by atoms with van der Waals surface area (Å²) in [6.07, 6.45) is 14.2. The Bertz CT molecular complexity index is 332. The molecule has 1 nitrogen and oxygen atoms in total. The highest BCUT2D eigenvalue weighted by Gasteiger charge is 2.08. The lowest BCUT2D eigenvalue weighted by Gasteiger charge is -2.17. The van der Waals surface area contributed by atoms with Crippen LogP contribution in [0, 0.1) is 0 Å². The fourth-order valence-electron chi connectivity index (χ4n) is 1.69. The molecule has 19 heavy (non-hydrogen) atoms. The van der Waals surface area contributed by atoms with Crippen LogP contribution >= 0.6 is 0 Å². The van der Waals surface area contributed by atoms with Gasteiger partial charge in [-0.25, -0.2) is 0 Å². The molecule has 0 rings (SSSR count). The van der Waals surface area contributed by atoms with Gasteiger partial charge in [0.1, 0.15) is 0 Å². The molecular formula is C18H29N. The monoisotopic (exact) mass is 259 g/mol. The number of hydrogen-bond acceptors (Lipinski definition) is 1. The lowest BCUT2D eigenvalue weighted by Crippen LogP contribution is -2.26. The number of allylic oxidation sites excluding steroid dienone is 6. The van der Waals surface area contributed by atoms with E-state index < -0.39 is 0 Å². The second kappa shape index (κ2) is 14.5. The molecule has 1 atom stereocenters. The van der Waals surface area contributed by atoms with Gasteiger partial charge < -0.3 is 5.32 Å². The van der Waals surface area contributed by atoms with Crippen molar-refractivity contribution in [3.63, 3.8) is 0 Å². The van der Waals surface area contributed by atoms with Gasteiger partial charge in [-0.3, -0.25) is 0 Å². The Morgan fingerprint density at radius 3 is 2.16 bits per heavy atom. The van der Waals surface area contributed by atoms with Crippen LogP contribution in [0.25, 0.3) is 0 Å². The van der Waals surface area contributed by atoms with Crippen molar-refractivity contribution in [2.75, 3.05) is 7.05 Å².